The maximum atomic E-state index is 6.03. The van der Waals surface area contributed by atoms with Crippen LogP contribution in [0.15, 0.2) is 36.9 Å². The molecule has 1 unspecified atom stereocenters. The molecule has 2 rings (SSSR count). The van der Waals surface area contributed by atoms with E-state index in [-0.39, 0.29) is 6.04 Å². The van der Waals surface area contributed by atoms with E-state index >= 15 is 0 Å². The van der Waals surface area contributed by atoms with Gasteiger partial charge in [0.05, 0.1) is 12.6 Å². The number of rotatable bonds is 3. The van der Waals surface area contributed by atoms with Crippen molar-refractivity contribution < 1.29 is 0 Å². The summed E-state index contributed by atoms with van der Waals surface area (Å²) in [6, 6.07) is 7.39. The van der Waals surface area contributed by atoms with Gasteiger partial charge in [0.25, 0.3) is 0 Å². The first kappa shape index (κ1) is 10.1. The van der Waals surface area contributed by atoms with Crippen LogP contribution in [0.4, 0.5) is 0 Å². The highest BCUT2D eigenvalue weighted by molar-refractivity contribution is 6.31. The number of nitrogens with two attached hydrogens (primary N) is 1. The van der Waals surface area contributed by atoms with Crippen molar-refractivity contribution in [3.63, 3.8) is 0 Å². The van der Waals surface area contributed by atoms with Crippen LogP contribution in [-0.2, 0) is 6.54 Å². The third kappa shape index (κ3) is 2.34. The molecule has 1 atom stereocenters. The molecule has 0 aliphatic rings. The maximum absolute atomic E-state index is 6.03. The number of benzene rings is 1. The Morgan fingerprint density at radius 3 is 2.87 bits per heavy atom. The monoisotopic (exact) mass is 222 g/mol. The van der Waals surface area contributed by atoms with Crippen LogP contribution in [0.2, 0.25) is 5.02 Å². The normalized spacial score (nSPS) is 12.7. The van der Waals surface area contributed by atoms with Crippen LogP contribution in [0.1, 0.15) is 11.6 Å². The van der Waals surface area contributed by atoms with E-state index in [0.717, 1.165) is 5.56 Å². The Morgan fingerprint density at radius 2 is 2.20 bits per heavy atom. The highest BCUT2D eigenvalue weighted by Gasteiger charge is 2.10. The van der Waals surface area contributed by atoms with Gasteiger partial charge in [-0.3, -0.25) is 4.68 Å². The van der Waals surface area contributed by atoms with Gasteiger partial charge >= 0.3 is 0 Å². The Bertz CT molecular complexity index is 427. The molecule has 1 aromatic carbocycles. The lowest BCUT2D eigenvalue weighted by molar-refractivity contribution is 0.526. The molecule has 0 fully saturated rings. The van der Waals surface area contributed by atoms with E-state index in [4.69, 9.17) is 17.3 Å². The maximum Gasteiger partial charge on any atom is 0.137 e. The molecule has 1 aromatic heterocycles. The summed E-state index contributed by atoms with van der Waals surface area (Å²) < 4.78 is 1.69. The van der Waals surface area contributed by atoms with Crippen molar-refractivity contribution in [1.82, 2.24) is 14.8 Å². The summed E-state index contributed by atoms with van der Waals surface area (Å²) in [6.07, 6.45) is 3.12. The molecule has 0 aliphatic carbocycles. The highest BCUT2D eigenvalue weighted by atomic mass is 35.5. The van der Waals surface area contributed by atoms with E-state index < -0.39 is 0 Å². The van der Waals surface area contributed by atoms with Gasteiger partial charge in [0, 0.05) is 5.02 Å². The van der Waals surface area contributed by atoms with Gasteiger partial charge < -0.3 is 5.73 Å². The zero-order chi connectivity index (χ0) is 10.7. The summed E-state index contributed by atoms with van der Waals surface area (Å²) in [7, 11) is 0. The lowest BCUT2D eigenvalue weighted by Gasteiger charge is -2.12. The summed E-state index contributed by atoms with van der Waals surface area (Å²) in [5.41, 5.74) is 6.94. The second-order valence-electron chi connectivity index (χ2n) is 3.25. The number of hydrogen-bond donors (Lipinski definition) is 1. The van der Waals surface area contributed by atoms with Crippen molar-refractivity contribution in [3.05, 3.63) is 47.5 Å². The molecule has 4 nitrogen and oxygen atoms in total. The number of halogens is 1. The van der Waals surface area contributed by atoms with Crippen LogP contribution >= 0.6 is 11.6 Å². The van der Waals surface area contributed by atoms with Gasteiger partial charge in [-0.1, -0.05) is 29.8 Å². The summed E-state index contributed by atoms with van der Waals surface area (Å²) >= 11 is 6.03. The minimum atomic E-state index is -0.166. The predicted octanol–water partition coefficient (Wildman–Crippen LogP) is 1.63. The molecule has 2 N–H and O–H groups in total. The van der Waals surface area contributed by atoms with Crippen molar-refractivity contribution in [2.45, 2.75) is 12.6 Å². The molecule has 2 aromatic rings. The molecule has 0 radical (unpaired) electrons. The lowest BCUT2D eigenvalue weighted by atomic mass is 10.1. The van der Waals surface area contributed by atoms with E-state index in [2.05, 4.69) is 10.1 Å². The van der Waals surface area contributed by atoms with Gasteiger partial charge in [-0.25, -0.2) is 4.98 Å². The van der Waals surface area contributed by atoms with Gasteiger partial charge in [-0.05, 0) is 11.6 Å². The van der Waals surface area contributed by atoms with Crippen molar-refractivity contribution in [2.24, 2.45) is 5.73 Å². The Hall–Kier alpha value is -1.39. The van der Waals surface area contributed by atoms with Crippen LogP contribution in [0.5, 0.6) is 0 Å². The minimum absolute atomic E-state index is 0.166. The average Bonchev–Trinajstić information content (AvgIpc) is 2.71. The fourth-order valence-electron chi connectivity index (χ4n) is 1.40. The molecule has 0 saturated carbocycles. The smallest absolute Gasteiger partial charge is 0.137 e. The number of aromatic nitrogens is 3. The molecule has 1 heterocycles. The largest absolute Gasteiger partial charge is 0.322 e. The minimum Gasteiger partial charge on any atom is -0.322 e. The molecule has 0 spiro atoms. The number of nitrogens with zero attached hydrogens (tertiary/aromatic N) is 3. The van der Waals surface area contributed by atoms with E-state index in [9.17, 15) is 0 Å². The van der Waals surface area contributed by atoms with Gasteiger partial charge in [-0.2, -0.15) is 5.10 Å². The molecular weight excluding hydrogens is 212 g/mol. The first-order chi connectivity index (χ1) is 7.27. The van der Waals surface area contributed by atoms with Gasteiger partial charge in [0.1, 0.15) is 12.7 Å². The van der Waals surface area contributed by atoms with Gasteiger partial charge in [-0.15, -0.1) is 0 Å². The zero-order valence-electron chi connectivity index (χ0n) is 8.05. The van der Waals surface area contributed by atoms with Gasteiger partial charge in [0.15, 0.2) is 0 Å². The fraction of sp³-hybridized carbons (Fsp3) is 0.200. The lowest BCUT2D eigenvalue weighted by Crippen LogP contribution is -2.18. The predicted molar refractivity (Wildman–Crippen MR) is 58.4 cm³/mol. The molecule has 0 bridgehead atoms. The second kappa shape index (κ2) is 4.42. The number of hydrogen-bond acceptors (Lipinski definition) is 3. The quantitative estimate of drug-likeness (QED) is 0.859. The van der Waals surface area contributed by atoms with E-state index in [1.165, 1.54) is 6.33 Å². The van der Waals surface area contributed by atoms with E-state index in [1.54, 1.807) is 11.0 Å². The summed E-state index contributed by atoms with van der Waals surface area (Å²) in [4.78, 5) is 3.85. The Labute approximate surface area is 92.7 Å². The van der Waals surface area contributed by atoms with Crippen molar-refractivity contribution in [3.8, 4) is 0 Å². The summed E-state index contributed by atoms with van der Waals surface area (Å²) in [6.45, 7) is 0.573. The molecular formula is C10H11ClN4. The third-order valence-electron chi connectivity index (χ3n) is 2.16. The molecule has 15 heavy (non-hydrogen) atoms. The molecule has 0 saturated heterocycles. The Kier molecular flexibility index (Phi) is 2.99. The average molecular weight is 223 g/mol. The van der Waals surface area contributed by atoms with Crippen LogP contribution < -0.4 is 5.73 Å². The third-order valence-corrected chi connectivity index (χ3v) is 2.50. The van der Waals surface area contributed by atoms with Crippen LogP contribution in [-0.4, -0.2) is 14.8 Å². The fourth-order valence-corrected chi connectivity index (χ4v) is 1.68. The van der Waals surface area contributed by atoms with Crippen LogP contribution in [0, 0.1) is 0 Å². The van der Waals surface area contributed by atoms with Crippen molar-refractivity contribution in [1.29, 1.82) is 0 Å². The zero-order valence-corrected chi connectivity index (χ0v) is 8.80. The van der Waals surface area contributed by atoms with Gasteiger partial charge in [0.2, 0.25) is 0 Å². The standard InChI is InChI=1S/C10H11ClN4/c11-9-4-2-1-3-8(9)10(12)5-15-7-13-6-14-15/h1-4,6-7,10H,5,12H2. The van der Waals surface area contributed by atoms with Crippen molar-refractivity contribution >= 4 is 11.6 Å². The Morgan fingerprint density at radius 1 is 1.40 bits per heavy atom. The summed E-state index contributed by atoms with van der Waals surface area (Å²) in [5, 5.41) is 4.68. The molecule has 0 amide bonds. The van der Waals surface area contributed by atoms with Crippen molar-refractivity contribution in [2.75, 3.05) is 0 Å². The first-order valence-corrected chi connectivity index (χ1v) is 4.97. The van der Waals surface area contributed by atoms with Crippen LogP contribution in [0.25, 0.3) is 0 Å². The molecule has 5 heteroatoms. The Balaban J connectivity index is 2.15. The van der Waals surface area contributed by atoms with Crippen LogP contribution in [0.3, 0.4) is 0 Å². The second-order valence-corrected chi connectivity index (χ2v) is 3.65. The highest BCUT2D eigenvalue weighted by Crippen LogP contribution is 2.21. The topological polar surface area (TPSA) is 56.7 Å². The first-order valence-electron chi connectivity index (χ1n) is 4.60. The molecule has 78 valence electrons. The van der Waals surface area contributed by atoms with E-state index in [1.807, 2.05) is 24.3 Å². The molecule has 0 aliphatic heterocycles. The SMILES string of the molecule is NC(Cn1cncn1)c1ccccc1Cl. The van der Waals surface area contributed by atoms with E-state index in [0.29, 0.717) is 11.6 Å². The summed E-state index contributed by atoms with van der Waals surface area (Å²) in [5.74, 6) is 0.